The largest absolute Gasteiger partial charge is 0.495 e. The lowest BCUT2D eigenvalue weighted by molar-refractivity contribution is -0.0760. The molecule has 1 heterocycles. The number of carbonyl (C=O) groups is 1. The minimum absolute atomic E-state index is 0.296. The van der Waals surface area contributed by atoms with Crippen LogP contribution in [-0.2, 0) is 4.84 Å². The summed E-state index contributed by atoms with van der Waals surface area (Å²) in [5.41, 5.74) is 0.315. The minimum atomic E-state index is -0.296. The Labute approximate surface area is 82.2 Å². The van der Waals surface area contributed by atoms with Crippen molar-refractivity contribution < 1.29 is 14.4 Å². The molecule has 1 aromatic rings. The van der Waals surface area contributed by atoms with Crippen molar-refractivity contribution in [1.29, 1.82) is 0 Å². The maximum Gasteiger partial charge on any atom is 0.295 e. The SMILES string of the molecule is COc1ccc(C(=O)N(C)OC)nc1. The Balaban J connectivity index is 2.81. The summed E-state index contributed by atoms with van der Waals surface area (Å²) < 4.78 is 4.92. The molecule has 76 valence electrons. The van der Waals surface area contributed by atoms with E-state index in [-0.39, 0.29) is 5.91 Å². The molecule has 0 saturated carbocycles. The zero-order valence-corrected chi connectivity index (χ0v) is 8.35. The Morgan fingerprint density at radius 1 is 1.43 bits per heavy atom. The van der Waals surface area contributed by atoms with Crippen molar-refractivity contribution in [3.63, 3.8) is 0 Å². The normalized spacial score (nSPS) is 9.64. The number of hydrogen-bond donors (Lipinski definition) is 0. The molecule has 0 aliphatic heterocycles. The maximum absolute atomic E-state index is 11.5. The molecule has 0 unspecified atom stereocenters. The quantitative estimate of drug-likeness (QED) is 0.668. The van der Waals surface area contributed by atoms with Crippen LogP contribution >= 0.6 is 0 Å². The number of ether oxygens (including phenoxy) is 1. The van der Waals surface area contributed by atoms with Crippen molar-refractivity contribution in [2.45, 2.75) is 0 Å². The van der Waals surface area contributed by atoms with E-state index in [0.717, 1.165) is 5.06 Å². The van der Waals surface area contributed by atoms with Gasteiger partial charge in [-0.3, -0.25) is 9.63 Å². The van der Waals surface area contributed by atoms with Gasteiger partial charge in [0.2, 0.25) is 0 Å². The van der Waals surface area contributed by atoms with E-state index < -0.39 is 0 Å². The fourth-order valence-corrected chi connectivity index (χ4v) is 0.872. The maximum atomic E-state index is 11.5. The summed E-state index contributed by atoms with van der Waals surface area (Å²) in [6.07, 6.45) is 1.48. The van der Waals surface area contributed by atoms with E-state index in [1.807, 2.05) is 0 Å². The van der Waals surface area contributed by atoms with E-state index >= 15 is 0 Å². The lowest BCUT2D eigenvalue weighted by Crippen LogP contribution is -2.26. The molecule has 5 heteroatoms. The van der Waals surface area contributed by atoms with Crippen molar-refractivity contribution in [2.75, 3.05) is 21.3 Å². The standard InChI is InChI=1S/C9H12N2O3/c1-11(14-3)9(12)8-5-4-7(13-2)6-10-8/h4-6H,1-3H3. The van der Waals surface area contributed by atoms with Crippen molar-refractivity contribution >= 4 is 5.91 Å². The molecule has 0 radical (unpaired) electrons. The number of hydrogen-bond acceptors (Lipinski definition) is 4. The molecule has 5 nitrogen and oxygen atoms in total. The van der Waals surface area contributed by atoms with Crippen LogP contribution in [0.2, 0.25) is 0 Å². The molecule has 0 N–H and O–H groups in total. The number of rotatable bonds is 3. The van der Waals surface area contributed by atoms with E-state index in [1.54, 1.807) is 19.2 Å². The first-order chi connectivity index (χ1) is 6.69. The van der Waals surface area contributed by atoms with E-state index in [4.69, 9.17) is 9.57 Å². The van der Waals surface area contributed by atoms with Crippen molar-refractivity contribution in [1.82, 2.24) is 10.0 Å². The van der Waals surface area contributed by atoms with Crippen LogP contribution in [0.5, 0.6) is 5.75 Å². The average Bonchev–Trinajstić information content (AvgIpc) is 2.27. The molecule has 14 heavy (non-hydrogen) atoms. The molecule has 0 atom stereocenters. The second kappa shape index (κ2) is 4.57. The van der Waals surface area contributed by atoms with Crippen molar-refractivity contribution in [3.05, 3.63) is 24.0 Å². The van der Waals surface area contributed by atoms with E-state index in [0.29, 0.717) is 11.4 Å². The van der Waals surface area contributed by atoms with Gasteiger partial charge in [-0.25, -0.2) is 10.0 Å². The minimum Gasteiger partial charge on any atom is -0.495 e. The second-order valence-corrected chi connectivity index (χ2v) is 2.57. The van der Waals surface area contributed by atoms with Crippen LogP contribution < -0.4 is 4.74 Å². The number of hydroxylamine groups is 2. The Bertz CT molecular complexity index is 310. The fourth-order valence-electron chi connectivity index (χ4n) is 0.872. The van der Waals surface area contributed by atoms with Crippen LogP contribution in [0.3, 0.4) is 0 Å². The Kier molecular flexibility index (Phi) is 3.41. The zero-order valence-electron chi connectivity index (χ0n) is 8.35. The molecule has 1 aromatic heterocycles. The molecule has 0 aliphatic carbocycles. The van der Waals surface area contributed by atoms with Gasteiger partial charge in [-0.2, -0.15) is 0 Å². The predicted molar refractivity (Wildman–Crippen MR) is 49.9 cm³/mol. The first kappa shape index (κ1) is 10.5. The summed E-state index contributed by atoms with van der Waals surface area (Å²) in [6.45, 7) is 0. The van der Waals surface area contributed by atoms with E-state index in [1.165, 1.54) is 20.4 Å². The van der Waals surface area contributed by atoms with Crippen LogP contribution in [0.15, 0.2) is 18.3 Å². The molecule has 0 bridgehead atoms. The molecule has 0 spiro atoms. The molecular weight excluding hydrogens is 184 g/mol. The first-order valence-electron chi connectivity index (χ1n) is 4.01. The highest BCUT2D eigenvalue weighted by molar-refractivity contribution is 5.91. The summed E-state index contributed by atoms with van der Waals surface area (Å²) in [6, 6.07) is 3.25. The Hall–Kier alpha value is -1.62. The van der Waals surface area contributed by atoms with Crippen molar-refractivity contribution in [2.24, 2.45) is 0 Å². The van der Waals surface area contributed by atoms with Crippen LogP contribution in [0.4, 0.5) is 0 Å². The molecule has 0 aromatic carbocycles. The van der Waals surface area contributed by atoms with Gasteiger partial charge < -0.3 is 4.74 Å². The highest BCUT2D eigenvalue weighted by Crippen LogP contribution is 2.09. The Morgan fingerprint density at radius 3 is 2.57 bits per heavy atom. The molecule has 0 aliphatic rings. The topological polar surface area (TPSA) is 51.7 Å². The monoisotopic (exact) mass is 196 g/mol. The molecule has 0 fully saturated rings. The summed E-state index contributed by atoms with van der Waals surface area (Å²) >= 11 is 0. The zero-order chi connectivity index (χ0) is 10.6. The lowest BCUT2D eigenvalue weighted by atomic mass is 10.3. The van der Waals surface area contributed by atoms with Gasteiger partial charge in [-0.15, -0.1) is 0 Å². The molecular formula is C9H12N2O3. The van der Waals surface area contributed by atoms with Crippen LogP contribution in [0.1, 0.15) is 10.5 Å². The summed E-state index contributed by atoms with van der Waals surface area (Å²) in [7, 11) is 4.48. The number of methoxy groups -OCH3 is 1. The van der Waals surface area contributed by atoms with E-state index in [2.05, 4.69) is 4.98 Å². The van der Waals surface area contributed by atoms with Gasteiger partial charge in [0.15, 0.2) is 0 Å². The highest BCUT2D eigenvalue weighted by atomic mass is 16.7. The van der Waals surface area contributed by atoms with Crippen molar-refractivity contribution in [3.8, 4) is 5.75 Å². The third-order valence-corrected chi connectivity index (χ3v) is 1.75. The van der Waals surface area contributed by atoms with Crippen LogP contribution in [0.25, 0.3) is 0 Å². The number of nitrogens with zero attached hydrogens (tertiary/aromatic N) is 2. The summed E-state index contributed by atoms with van der Waals surface area (Å²) in [4.78, 5) is 20.1. The summed E-state index contributed by atoms with van der Waals surface area (Å²) in [5.74, 6) is 0.316. The van der Waals surface area contributed by atoms with E-state index in [9.17, 15) is 4.79 Å². The number of aromatic nitrogens is 1. The third-order valence-electron chi connectivity index (χ3n) is 1.75. The fraction of sp³-hybridized carbons (Fsp3) is 0.333. The first-order valence-corrected chi connectivity index (χ1v) is 4.01. The third kappa shape index (κ3) is 2.20. The molecule has 1 rings (SSSR count). The predicted octanol–water partition coefficient (Wildman–Crippen LogP) is 0.724. The van der Waals surface area contributed by atoms with Gasteiger partial charge in [-0.05, 0) is 12.1 Å². The van der Waals surface area contributed by atoms with Gasteiger partial charge in [0.1, 0.15) is 11.4 Å². The lowest BCUT2D eigenvalue weighted by Gasteiger charge is -2.12. The highest BCUT2D eigenvalue weighted by Gasteiger charge is 2.12. The van der Waals surface area contributed by atoms with Gasteiger partial charge in [0.25, 0.3) is 5.91 Å². The number of carbonyl (C=O) groups excluding carboxylic acids is 1. The smallest absolute Gasteiger partial charge is 0.295 e. The average molecular weight is 196 g/mol. The number of pyridine rings is 1. The van der Waals surface area contributed by atoms with Crippen LogP contribution in [0, 0.1) is 0 Å². The Morgan fingerprint density at radius 2 is 2.14 bits per heavy atom. The molecule has 1 amide bonds. The van der Waals surface area contributed by atoms with Crippen LogP contribution in [-0.4, -0.2) is 37.2 Å². The molecule has 0 saturated heterocycles. The van der Waals surface area contributed by atoms with Gasteiger partial charge in [-0.1, -0.05) is 0 Å². The van der Waals surface area contributed by atoms with Gasteiger partial charge in [0.05, 0.1) is 20.4 Å². The van der Waals surface area contributed by atoms with Gasteiger partial charge in [0, 0.05) is 7.05 Å². The number of amides is 1. The van der Waals surface area contributed by atoms with Gasteiger partial charge >= 0.3 is 0 Å². The second-order valence-electron chi connectivity index (χ2n) is 2.57. The summed E-state index contributed by atoms with van der Waals surface area (Å²) in [5, 5.41) is 1.11.